The van der Waals surface area contributed by atoms with E-state index >= 15 is 0 Å². The van der Waals surface area contributed by atoms with Crippen LogP contribution in [0.15, 0.2) is 5.11 Å². The van der Waals surface area contributed by atoms with Gasteiger partial charge in [0.25, 0.3) is 0 Å². The maximum absolute atomic E-state index is 9.45. The molecule has 0 aliphatic heterocycles. The van der Waals surface area contributed by atoms with Gasteiger partial charge in [0.05, 0.1) is 6.07 Å². The van der Waals surface area contributed by atoms with Crippen molar-refractivity contribution in [3.05, 3.63) is 10.4 Å². The standard InChI is InChI=1S/C13H23N5/c1-11(2)12-5-3-6-13(9-12,10-14)16-7-4-8-17-18-15/h11-12,16H,3-9H2,1-2H3. The number of rotatable bonds is 6. The molecule has 0 saturated heterocycles. The van der Waals surface area contributed by atoms with Crippen molar-refractivity contribution in [3.8, 4) is 6.07 Å². The highest BCUT2D eigenvalue weighted by atomic mass is 15.1. The Kier molecular flexibility index (Phi) is 5.97. The summed E-state index contributed by atoms with van der Waals surface area (Å²) in [6.45, 7) is 5.72. The summed E-state index contributed by atoms with van der Waals surface area (Å²) in [6.07, 6.45) is 5.04. The van der Waals surface area contributed by atoms with E-state index in [0.717, 1.165) is 32.2 Å². The summed E-state index contributed by atoms with van der Waals surface area (Å²) in [4.78, 5) is 2.72. The van der Waals surface area contributed by atoms with Crippen molar-refractivity contribution in [3.63, 3.8) is 0 Å². The maximum Gasteiger partial charge on any atom is 0.107 e. The van der Waals surface area contributed by atoms with E-state index in [4.69, 9.17) is 5.53 Å². The molecule has 0 heterocycles. The number of nitrogens with zero attached hydrogens (tertiary/aromatic N) is 4. The third-order valence-electron chi connectivity index (χ3n) is 3.91. The van der Waals surface area contributed by atoms with Gasteiger partial charge in [0.2, 0.25) is 0 Å². The average Bonchev–Trinajstić information content (AvgIpc) is 2.39. The van der Waals surface area contributed by atoms with Gasteiger partial charge >= 0.3 is 0 Å². The number of hydrogen-bond acceptors (Lipinski definition) is 3. The lowest BCUT2D eigenvalue weighted by atomic mass is 9.72. The smallest absolute Gasteiger partial charge is 0.107 e. The lowest BCUT2D eigenvalue weighted by Crippen LogP contribution is -2.48. The van der Waals surface area contributed by atoms with Gasteiger partial charge in [-0.25, -0.2) is 0 Å². The zero-order valence-electron chi connectivity index (χ0n) is 11.4. The molecule has 0 spiro atoms. The van der Waals surface area contributed by atoms with Crippen molar-refractivity contribution in [1.29, 1.82) is 5.26 Å². The van der Waals surface area contributed by atoms with Crippen LogP contribution in [0.5, 0.6) is 0 Å². The Morgan fingerprint density at radius 3 is 3.00 bits per heavy atom. The third-order valence-corrected chi connectivity index (χ3v) is 3.91. The molecule has 1 saturated carbocycles. The van der Waals surface area contributed by atoms with Gasteiger partial charge in [0.1, 0.15) is 5.54 Å². The Balaban J connectivity index is 2.46. The Morgan fingerprint density at radius 2 is 2.39 bits per heavy atom. The minimum atomic E-state index is -0.358. The van der Waals surface area contributed by atoms with Crippen LogP contribution in [0.3, 0.4) is 0 Å². The lowest BCUT2D eigenvalue weighted by molar-refractivity contribution is 0.189. The van der Waals surface area contributed by atoms with E-state index in [9.17, 15) is 5.26 Å². The highest BCUT2D eigenvalue weighted by Gasteiger charge is 2.36. The maximum atomic E-state index is 9.45. The second-order valence-corrected chi connectivity index (χ2v) is 5.53. The summed E-state index contributed by atoms with van der Waals surface area (Å²) in [7, 11) is 0. The monoisotopic (exact) mass is 249 g/mol. The fraction of sp³-hybridized carbons (Fsp3) is 0.923. The molecule has 2 atom stereocenters. The normalized spacial score (nSPS) is 27.6. The van der Waals surface area contributed by atoms with Gasteiger partial charge in [-0.1, -0.05) is 25.4 Å². The van der Waals surface area contributed by atoms with E-state index in [0.29, 0.717) is 18.4 Å². The van der Waals surface area contributed by atoms with E-state index in [-0.39, 0.29) is 5.54 Å². The fourth-order valence-corrected chi connectivity index (χ4v) is 2.71. The molecule has 5 heteroatoms. The van der Waals surface area contributed by atoms with Gasteiger partial charge in [-0.05, 0) is 49.6 Å². The zero-order chi connectivity index (χ0) is 13.4. The van der Waals surface area contributed by atoms with Crippen LogP contribution in [0.1, 0.15) is 46.0 Å². The number of hydrogen-bond donors (Lipinski definition) is 1. The van der Waals surface area contributed by atoms with Crippen LogP contribution in [0.4, 0.5) is 0 Å². The summed E-state index contributed by atoms with van der Waals surface area (Å²) < 4.78 is 0. The quantitative estimate of drug-likeness (QED) is 0.338. The van der Waals surface area contributed by atoms with Gasteiger partial charge in [0.15, 0.2) is 0 Å². The molecule has 5 nitrogen and oxygen atoms in total. The van der Waals surface area contributed by atoms with Crippen molar-refractivity contribution in [2.45, 2.75) is 51.5 Å². The van der Waals surface area contributed by atoms with Crippen molar-refractivity contribution in [2.24, 2.45) is 17.0 Å². The number of nitrogens with one attached hydrogen (secondary N) is 1. The number of nitriles is 1. The Morgan fingerprint density at radius 1 is 1.61 bits per heavy atom. The largest absolute Gasteiger partial charge is 0.299 e. The highest BCUT2D eigenvalue weighted by molar-refractivity contribution is 5.10. The summed E-state index contributed by atoms with van der Waals surface area (Å²) in [5.41, 5.74) is 7.83. The molecule has 2 unspecified atom stereocenters. The molecule has 0 aromatic heterocycles. The van der Waals surface area contributed by atoms with E-state index in [1.807, 2.05) is 0 Å². The van der Waals surface area contributed by atoms with Crippen molar-refractivity contribution < 1.29 is 0 Å². The van der Waals surface area contributed by atoms with Crippen molar-refractivity contribution in [2.75, 3.05) is 13.1 Å². The molecular weight excluding hydrogens is 226 g/mol. The molecule has 0 amide bonds. The predicted molar refractivity (Wildman–Crippen MR) is 71.8 cm³/mol. The SMILES string of the molecule is CC(C)C1CCCC(C#N)(NCCCN=[N+]=[N-])C1. The first-order valence-corrected chi connectivity index (χ1v) is 6.81. The van der Waals surface area contributed by atoms with Crippen LogP contribution in [-0.2, 0) is 0 Å². The predicted octanol–water partition coefficient (Wildman–Crippen LogP) is 3.38. The van der Waals surface area contributed by atoms with E-state index in [1.54, 1.807) is 0 Å². The van der Waals surface area contributed by atoms with Crippen molar-refractivity contribution in [1.82, 2.24) is 5.32 Å². The molecule has 1 N–H and O–H groups in total. The Labute approximate surface area is 109 Å². The van der Waals surface area contributed by atoms with Gasteiger partial charge < -0.3 is 0 Å². The molecule has 100 valence electrons. The average molecular weight is 249 g/mol. The molecule has 0 radical (unpaired) electrons. The fourth-order valence-electron chi connectivity index (χ4n) is 2.71. The first kappa shape index (κ1) is 14.8. The molecule has 1 rings (SSSR count). The van der Waals surface area contributed by atoms with Crippen LogP contribution in [-0.4, -0.2) is 18.6 Å². The Bertz CT molecular complexity index is 340. The Hall–Kier alpha value is -1.24. The summed E-state index contributed by atoms with van der Waals surface area (Å²) in [6, 6.07) is 2.48. The zero-order valence-corrected chi connectivity index (χ0v) is 11.4. The van der Waals surface area contributed by atoms with Crippen LogP contribution in [0.2, 0.25) is 0 Å². The molecule has 1 fully saturated rings. The van der Waals surface area contributed by atoms with E-state index < -0.39 is 0 Å². The highest BCUT2D eigenvalue weighted by Crippen LogP contribution is 2.36. The van der Waals surface area contributed by atoms with Crippen LogP contribution >= 0.6 is 0 Å². The minimum absolute atomic E-state index is 0.358. The van der Waals surface area contributed by atoms with Crippen molar-refractivity contribution >= 4 is 0 Å². The molecular formula is C13H23N5. The summed E-state index contributed by atoms with van der Waals surface area (Å²) >= 11 is 0. The third kappa shape index (κ3) is 4.21. The molecule has 1 aliphatic rings. The van der Waals surface area contributed by atoms with E-state index in [1.165, 1.54) is 6.42 Å². The molecule has 0 aromatic rings. The molecule has 0 aromatic carbocycles. The molecule has 18 heavy (non-hydrogen) atoms. The summed E-state index contributed by atoms with van der Waals surface area (Å²) in [5, 5.41) is 16.3. The number of azide groups is 1. The topological polar surface area (TPSA) is 84.6 Å². The van der Waals surface area contributed by atoms with E-state index in [2.05, 4.69) is 35.3 Å². The summed E-state index contributed by atoms with van der Waals surface area (Å²) in [5.74, 6) is 1.28. The van der Waals surface area contributed by atoms with Gasteiger partial charge in [0, 0.05) is 11.5 Å². The van der Waals surface area contributed by atoms with Gasteiger partial charge in [-0.3, -0.25) is 5.32 Å². The van der Waals surface area contributed by atoms with Crippen LogP contribution in [0, 0.1) is 23.2 Å². The lowest BCUT2D eigenvalue weighted by Gasteiger charge is -2.38. The molecule has 0 bridgehead atoms. The van der Waals surface area contributed by atoms with Gasteiger partial charge in [-0.2, -0.15) is 5.26 Å². The van der Waals surface area contributed by atoms with Crippen LogP contribution in [0.25, 0.3) is 10.4 Å². The van der Waals surface area contributed by atoms with Gasteiger partial charge in [-0.15, -0.1) is 0 Å². The van der Waals surface area contributed by atoms with Crippen LogP contribution < -0.4 is 5.32 Å². The first-order chi connectivity index (χ1) is 8.63. The first-order valence-electron chi connectivity index (χ1n) is 6.81. The second-order valence-electron chi connectivity index (χ2n) is 5.53. The molecule has 1 aliphatic carbocycles. The second kappa shape index (κ2) is 7.25. The minimum Gasteiger partial charge on any atom is -0.299 e.